The maximum atomic E-state index is 6.40. The second-order valence-electron chi connectivity index (χ2n) is 14.3. The lowest BCUT2D eigenvalue weighted by atomic mass is 9.96. The van der Waals surface area contributed by atoms with Crippen LogP contribution in [0, 0.1) is 0 Å². The highest BCUT2D eigenvalue weighted by Gasteiger charge is 2.26. The number of allylic oxidation sites excluding steroid dienone is 3. The number of hydrogen-bond donors (Lipinski definition) is 0. The molecule has 3 heteroatoms. The molecule has 0 N–H and O–H groups in total. The minimum absolute atomic E-state index is 0.893. The van der Waals surface area contributed by atoms with E-state index in [1.165, 1.54) is 66.0 Å². The van der Waals surface area contributed by atoms with Gasteiger partial charge < -0.3 is 13.4 Å². The van der Waals surface area contributed by atoms with Crippen molar-refractivity contribution in [3.05, 3.63) is 176 Å². The molecule has 11 aromatic rings. The standard InChI is InChI=1S/C46H25NO2.C4H8.C3H6.C2H6/c1-2-9-30-29(8-1)34-12-7-13-35-45(34)37(30)25-40-46(35)38-23-26(27-17-21-43-36(22-27)32-11-4-6-15-42(32)48-43)16-20-39(38)47(40)28-18-19-33-31-10-3-5-14-41(31)49-44(33)24-28;1-3-4-2;1-3-2;1-2/h1-25H;3-4H,1-2H3;3H,1H2,2H3;1-2H3/b;4-3-;;. The van der Waals surface area contributed by atoms with Gasteiger partial charge in [0.2, 0.25) is 0 Å². The predicted molar refractivity (Wildman–Crippen MR) is 250 cm³/mol. The summed E-state index contributed by atoms with van der Waals surface area (Å²) in [6, 6.07) is 54.7. The number of rotatable bonds is 2. The van der Waals surface area contributed by atoms with Crippen molar-refractivity contribution in [2.24, 2.45) is 0 Å². The van der Waals surface area contributed by atoms with Gasteiger partial charge in [0.05, 0.1) is 11.0 Å². The molecule has 0 saturated carbocycles. The molecule has 0 atom stereocenters. The van der Waals surface area contributed by atoms with Gasteiger partial charge in [-0.1, -0.05) is 123 Å². The Kier molecular flexibility index (Phi) is 9.51. The first kappa shape index (κ1) is 36.5. The summed E-state index contributed by atoms with van der Waals surface area (Å²) in [4.78, 5) is 0. The van der Waals surface area contributed by atoms with Gasteiger partial charge in [-0.05, 0) is 120 Å². The van der Waals surface area contributed by atoms with Gasteiger partial charge in [-0.15, -0.1) is 6.58 Å². The van der Waals surface area contributed by atoms with E-state index in [-0.39, 0.29) is 0 Å². The molecule has 0 saturated heterocycles. The van der Waals surface area contributed by atoms with Gasteiger partial charge in [0.1, 0.15) is 22.3 Å². The van der Waals surface area contributed by atoms with Crippen LogP contribution in [0.25, 0.3) is 116 Å². The summed E-state index contributed by atoms with van der Waals surface area (Å²) in [7, 11) is 0. The molecule has 0 radical (unpaired) electrons. The molecule has 1 aliphatic rings. The Morgan fingerprint density at radius 2 is 0.948 bits per heavy atom. The zero-order valence-electron chi connectivity index (χ0n) is 33.6. The van der Waals surface area contributed by atoms with E-state index >= 15 is 0 Å². The molecule has 282 valence electrons. The van der Waals surface area contributed by atoms with Crippen molar-refractivity contribution in [1.29, 1.82) is 0 Å². The summed E-state index contributed by atoms with van der Waals surface area (Å²) in [5.41, 5.74) is 14.6. The summed E-state index contributed by atoms with van der Waals surface area (Å²) in [6.45, 7) is 13.2. The van der Waals surface area contributed by atoms with E-state index in [0.717, 1.165) is 49.6 Å². The fourth-order valence-electron chi connectivity index (χ4n) is 8.60. The Balaban J connectivity index is 0.000000447. The van der Waals surface area contributed by atoms with Crippen molar-refractivity contribution in [2.75, 3.05) is 0 Å². The van der Waals surface area contributed by atoms with Gasteiger partial charge in [0.25, 0.3) is 0 Å². The van der Waals surface area contributed by atoms with Gasteiger partial charge in [0.15, 0.2) is 0 Å². The summed E-state index contributed by atoms with van der Waals surface area (Å²) < 4.78 is 15.0. The van der Waals surface area contributed by atoms with Gasteiger partial charge in [0, 0.05) is 44.1 Å². The summed E-state index contributed by atoms with van der Waals surface area (Å²) in [5.74, 6) is 0. The number of fused-ring (bicyclic) bond motifs is 13. The van der Waals surface area contributed by atoms with E-state index in [2.05, 4.69) is 139 Å². The van der Waals surface area contributed by atoms with E-state index in [1.54, 1.807) is 6.08 Å². The first-order valence-electron chi connectivity index (χ1n) is 20.2. The minimum Gasteiger partial charge on any atom is -0.456 e. The second-order valence-corrected chi connectivity index (χ2v) is 14.3. The molecule has 0 aliphatic heterocycles. The molecule has 1 aliphatic carbocycles. The Morgan fingerprint density at radius 3 is 1.66 bits per heavy atom. The van der Waals surface area contributed by atoms with Crippen LogP contribution in [0.15, 0.2) is 185 Å². The molecule has 0 bridgehead atoms. The molecule has 0 unspecified atom stereocenters. The largest absolute Gasteiger partial charge is 0.456 e. The topological polar surface area (TPSA) is 31.2 Å². The number of nitrogens with zero attached hydrogens (tertiary/aromatic N) is 1. The fourth-order valence-corrected chi connectivity index (χ4v) is 8.60. The fraction of sp³-hybridized carbons (Fsp3) is 0.0909. The van der Waals surface area contributed by atoms with Crippen molar-refractivity contribution < 1.29 is 8.83 Å². The molecule has 3 heterocycles. The van der Waals surface area contributed by atoms with Crippen LogP contribution >= 0.6 is 0 Å². The lowest BCUT2D eigenvalue weighted by Crippen LogP contribution is -1.94. The molecule has 0 amide bonds. The Bertz CT molecular complexity index is 3360. The van der Waals surface area contributed by atoms with Crippen LogP contribution in [0.1, 0.15) is 34.6 Å². The van der Waals surface area contributed by atoms with Crippen LogP contribution in [0.4, 0.5) is 0 Å². The van der Waals surface area contributed by atoms with Crippen molar-refractivity contribution >= 4 is 76.5 Å². The number of para-hydroxylation sites is 2. The van der Waals surface area contributed by atoms with Gasteiger partial charge in [-0.25, -0.2) is 0 Å². The smallest absolute Gasteiger partial charge is 0.137 e. The normalized spacial score (nSPS) is 11.5. The minimum atomic E-state index is 0.893. The number of furan rings is 2. The van der Waals surface area contributed by atoms with Crippen molar-refractivity contribution in [1.82, 2.24) is 4.57 Å². The first-order valence-corrected chi connectivity index (χ1v) is 20.2. The zero-order valence-corrected chi connectivity index (χ0v) is 33.6. The van der Waals surface area contributed by atoms with E-state index in [0.29, 0.717) is 0 Å². The average Bonchev–Trinajstić information content (AvgIpc) is 4.02. The predicted octanol–water partition coefficient (Wildman–Crippen LogP) is 16.9. The number of benzene rings is 8. The van der Waals surface area contributed by atoms with Crippen LogP contribution in [-0.4, -0.2) is 4.57 Å². The van der Waals surface area contributed by atoms with Crippen molar-refractivity contribution in [3.8, 4) is 39.1 Å². The van der Waals surface area contributed by atoms with Crippen LogP contribution in [0.3, 0.4) is 0 Å². The van der Waals surface area contributed by atoms with Gasteiger partial charge in [-0.3, -0.25) is 0 Å². The second kappa shape index (κ2) is 15.1. The Labute approximate surface area is 338 Å². The third kappa shape index (κ3) is 5.73. The lowest BCUT2D eigenvalue weighted by molar-refractivity contribution is 0.668. The average molecular weight is 752 g/mol. The highest BCUT2D eigenvalue weighted by Crippen LogP contribution is 2.51. The van der Waals surface area contributed by atoms with E-state index in [1.807, 2.05) is 71.0 Å². The summed E-state index contributed by atoms with van der Waals surface area (Å²) >= 11 is 0. The number of aromatic nitrogens is 1. The zero-order chi connectivity index (χ0) is 39.9. The van der Waals surface area contributed by atoms with E-state index in [4.69, 9.17) is 8.83 Å². The maximum absolute atomic E-state index is 6.40. The molecule has 3 aromatic heterocycles. The Morgan fingerprint density at radius 1 is 0.414 bits per heavy atom. The lowest BCUT2D eigenvalue weighted by Gasteiger charge is -2.10. The maximum Gasteiger partial charge on any atom is 0.137 e. The monoisotopic (exact) mass is 751 g/mol. The molecule has 8 aromatic carbocycles. The summed E-state index contributed by atoms with van der Waals surface area (Å²) in [6.07, 6.45) is 5.75. The third-order valence-electron chi connectivity index (χ3n) is 11.1. The molecule has 12 rings (SSSR count). The Hall–Kier alpha value is -7.10. The van der Waals surface area contributed by atoms with Crippen LogP contribution < -0.4 is 0 Å². The highest BCUT2D eigenvalue weighted by molar-refractivity contribution is 6.29. The third-order valence-corrected chi connectivity index (χ3v) is 11.1. The van der Waals surface area contributed by atoms with E-state index in [9.17, 15) is 0 Å². The SMILES string of the molecule is C/C=C\C.C=CC.CC.c1ccc2c(c1)-c1cccc3c1c-2cc1c3c2cc(-c3ccc4oc5ccccc5c4c3)ccc2n1-c1ccc2c(c1)oc1ccccc12. The van der Waals surface area contributed by atoms with Crippen molar-refractivity contribution in [3.63, 3.8) is 0 Å². The number of hydrogen-bond acceptors (Lipinski definition) is 2. The molecule has 58 heavy (non-hydrogen) atoms. The van der Waals surface area contributed by atoms with E-state index < -0.39 is 0 Å². The molecular formula is C55H45NO2. The van der Waals surface area contributed by atoms with Crippen molar-refractivity contribution in [2.45, 2.75) is 34.6 Å². The van der Waals surface area contributed by atoms with Gasteiger partial charge >= 0.3 is 0 Å². The quantitative estimate of drug-likeness (QED) is 0.165. The highest BCUT2D eigenvalue weighted by atomic mass is 16.3. The molecule has 3 nitrogen and oxygen atoms in total. The van der Waals surface area contributed by atoms with Gasteiger partial charge in [-0.2, -0.15) is 0 Å². The van der Waals surface area contributed by atoms with Crippen LogP contribution in [0.2, 0.25) is 0 Å². The van der Waals surface area contributed by atoms with Crippen LogP contribution in [0.5, 0.6) is 0 Å². The molecule has 0 spiro atoms. The van der Waals surface area contributed by atoms with Crippen LogP contribution in [-0.2, 0) is 0 Å². The first-order chi connectivity index (χ1) is 28.6. The molecular weight excluding hydrogens is 707 g/mol. The molecule has 0 fully saturated rings. The summed E-state index contributed by atoms with van der Waals surface area (Å²) in [5, 5.41) is 9.66.